The molecule has 1 amide bonds. The molecule has 0 bridgehead atoms. The van der Waals surface area contributed by atoms with Crippen LogP contribution in [-0.2, 0) is 20.7 Å². The van der Waals surface area contributed by atoms with Crippen molar-refractivity contribution >= 4 is 35.0 Å². The van der Waals surface area contributed by atoms with Crippen LogP contribution in [0.2, 0.25) is 0 Å². The number of carbonyl (C=O) groups excluding carboxylic acids is 2. The first-order valence-corrected chi connectivity index (χ1v) is 9.75. The third-order valence-corrected chi connectivity index (χ3v) is 5.58. The van der Waals surface area contributed by atoms with Crippen molar-refractivity contribution in [3.8, 4) is 0 Å². The van der Waals surface area contributed by atoms with Crippen LogP contribution in [0.3, 0.4) is 0 Å². The van der Waals surface area contributed by atoms with E-state index in [0.29, 0.717) is 11.4 Å². The Kier molecular flexibility index (Phi) is 5.99. The lowest BCUT2D eigenvalue weighted by atomic mass is 10.2. The van der Waals surface area contributed by atoms with E-state index in [-0.39, 0.29) is 11.6 Å². The Morgan fingerprint density at radius 3 is 2.50 bits per heavy atom. The number of nitro groups is 1. The Morgan fingerprint density at radius 1 is 1.14 bits per heavy atom. The van der Waals surface area contributed by atoms with Crippen LogP contribution in [0.25, 0.3) is 0 Å². The van der Waals surface area contributed by atoms with Gasteiger partial charge in [0.2, 0.25) is 0 Å². The van der Waals surface area contributed by atoms with Gasteiger partial charge in [0.05, 0.1) is 4.92 Å². The minimum Gasteiger partial charge on any atom is -0.452 e. The Bertz CT molecular complexity index is 900. The number of nitro benzene ring substituents is 1. The number of anilines is 1. The van der Waals surface area contributed by atoms with E-state index in [0.717, 1.165) is 17.7 Å². The molecule has 7 nitrogen and oxygen atoms in total. The normalized spacial score (nSPS) is 14.9. The molecule has 3 rings (SSSR count). The quantitative estimate of drug-likeness (QED) is 0.319. The molecule has 0 unspecified atom stereocenters. The Hall–Kier alpha value is -2.87. The minimum atomic E-state index is -0.890. The molecule has 0 spiro atoms. The molecule has 0 radical (unpaired) electrons. The van der Waals surface area contributed by atoms with Gasteiger partial charge in [0, 0.05) is 29.3 Å². The number of carbonyl (C=O) groups is 2. The van der Waals surface area contributed by atoms with E-state index in [1.165, 1.54) is 23.9 Å². The average molecular weight is 400 g/mol. The molecule has 2 aromatic rings. The number of amides is 1. The van der Waals surface area contributed by atoms with Crippen LogP contribution < -0.4 is 4.90 Å². The summed E-state index contributed by atoms with van der Waals surface area (Å²) in [5, 5.41) is 10.1. The maximum absolute atomic E-state index is 12.7. The molecular weight excluding hydrogens is 380 g/mol. The standard InChI is InChI=1S/C20H20N2O5S/c1-13(19(23)21-12-11-15-5-3-4-6-18(15)21)27-20(24)14(2)28-17-9-7-16(8-10-17)22(25)26/h3-10,13-14H,11-12H2,1-2H3/t13-,14-/m1/s1. The summed E-state index contributed by atoms with van der Waals surface area (Å²) in [6, 6.07) is 13.6. The van der Waals surface area contributed by atoms with Crippen molar-refractivity contribution in [2.45, 2.75) is 36.5 Å². The zero-order valence-electron chi connectivity index (χ0n) is 15.5. The van der Waals surface area contributed by atoms with Crippen molar-refractivity contribution in [1.29, 1.82) is 0 Å². The van der Waals surface area contributed by atoms with Gasteiger partial charge in [-0.1, -0.05) is 18.2 Å². The fourth-order valence-corrected chi connectivity index (χ4v) is 3.86. The summed E-state index contributed by atoms with van der Waals surface area (Å²) in [5.41, 5.74) is 1.96. The summed E-state index contributed by atoms with van der Waals surface area (Å²) in [6.45, 7) is 3.83. The molecule has 8 heteroatoms. The van der Waals surface area contributed by atoms with Gasteiger partial charge in [0.25, 0.3) is 11.6 Å². The van der Waals surface area contributed by atoms with Crippen LogP contribution in [0.1, 0.15) is 19.4 Å². The lowest BCUT2D eigenvalue weighted by molar-refractivity contribution is -0.384. The Morgan fingerprint density at radius 2 is 1.82 bits per heavy atom. The summed E-state index contributed by atoms with van der Waals surface area (Å²) < 4.78 is 5.38. The van der Waals surface area contributed by atoms with Gasteiger partial charge in [-0.3, -0.25) is 19.7 Å². The van der Waals surface area contributed by atoms with Crippen LogP contribution in [0.4, 0.5) is 11.4 Å². The highest BCUT2D eigenvalue weighted by molar-refractivity contribution is 8.00. The number of benzene rings is 2. The van der Waals surface area contributed by atoms with E-state index in [4.69, 9.17) is 4.74 Å². The maximum atomic E-state index is 12.7. The second-order valence-corrected chi connectivity index (χ2v) is 7.87. The van der Waals surface area contributed by atoms with Crippen molar-refractivity contribution < 1.29 is 19.2 Å². The highest BCUT2D eigenvalue weighted by Crippen LogP contribution is 2.29. The summed E-state index contributed by atoms with van der Waals surface area (Å²) in [6.07, 6.45) is -0.104. The highest BCUT2D eigenvalue weighted by atomic mass is 32.2. The van der Waals surface area contributed by atoms with Crippen LogP contribution in [-0.4, -0.2) is 34.7 Å². The lowest BCUT2D eigenvalue weighted by Crippen LogP contribution is -2.40. The first-order chi connectivity index (χ1) is 13.4. The fraction of sp³-hybridized carbons (Fsp3) is 0.300. The van der Waals surface area contributed by atoms with E-state index in [1.54, 1.807) is 30.9 Å². The molecule has 0 saturated carbocycles. The third kappa shape index (κ3) is 4.33. The van der Waals surface area contributed by atoms with Gasteiger partial charge in [-0.15, -0.1) is 11.8 Å². The number of rotatable bonds is 6. The number of hydrogen-bond donors (Lipinski definition) is 0. The third-order valence-electron chi connectivity index (χ3n) is 4.49. The maximum Gasteiger partial charge on any atom is 0.319 e. The number of para-hydroxylation sites is 1. The van der Waals surface area contributed by atoms with Crippen molar-refractivity contribution in [2.24, 2.45) is 0 Å². The predicted molar refractivity (Wildman–Crippen MR) is 106 cm³/mol. The number of thioether (sulfide) groups is 1. The molecule has 1 heterocycles. The van der Waals surface area contributed by atoms with Crippen LogP contribution in [0.5, 0.6) is 0 Å². The van der Waals surface area contributed by atoms with E-state index >= 15 is 0 Å². The zero-order chi connectivity index (χ0) is 20.3. The smallest absolute Gasteiger partial charge is 0.319 e. The van der Waals surface area contributed by atoms with Gasteiger partial charge in [0.15, 0.2) is 6.10 Å². The van der Waals surface area contributed by atoms with Gasteiger partial charge in [0.1, 0.15) is 5.25 Å². The van der Waals surface area contributed by atoms with Crippen molar-refractivity contribution in [2.75, 3.05) is 11.4 Å². The van der Waals surface area contributed by atoms with Crippen LogP contribution >= 0.6 is 11.8 Å². The average Bonchev–Trinajstić information content (AvgIpc) is 3.11. The van der Waals surface area contributed by atoms with Crippen molar-refractivity contribution in [3.63, 3.8) is 0 Å². The second-order valence-electron chi connectivity index (χ2n) is 6.46. The fourth-order valence-electron chi connectivity index (χ4n) is 3.01. The monoisotopic (exact) mass is 400 g/mol. The molecule has 28 heavy (non-hydrogen) atoms. The highest BCUT2D eigenvalue weighted by Gasteiger charge is 2.30. The number of hydrogen-bond acceptors (Lipinski definition) is 6. The molecular formula is C20H20N2O5S. The Labute approximate surface area is 166 Å². The summed E-state index contributed by atoms with van der Waals surface area (Å²) >= 11 is 1.22. The molecule has 0 aromatic heterocycles. The topological polar surface area (TPSA) is 89.7 Å². The van der Waals surface area contributed by atoms with E-state index < -0.39 is 22.2 Å². The molecule has 146 valence electrons. The number of ether oxygens (including phenoxy) is 1. The zero-order valence-corrected chi connectivity index (χ0v) is 16.3. The Balaban J connectivity index is 1.57. The lowest BCUT2D eigenvalue weighted by Gasteiger charge is -2.22. The molecule has 2 atom stereocenters. The number of fused-ring (bicyclic) bond motifs is 1. The number of nitrogens with zero attached hydrogens (tertiary/aromatic N) is 2. The second kappa shape index (κ2) is 8.43. The van der Waals surface area contributed by atoms with Crippen molar-refractivity contribution in [3.05, 3.63) is 64.2 Å². The van der Waals surface area contributed by atoms with Crippen LogP contribution in [0.15, 0.2) is 53.4 Å². The first kappa shape index (κ1) is 19.9. The largest absolute Gasteiger partial charge is 0.452 e. The van der Waals surface area contributed by atoms with Crippen molar-refractivity contribution in [1.82, 2.24) is 0 Å². The van der Waals surface area contributed by atoms with E-state index in [1.807, 2.05) is 24.3 Å². The van der Waals surface area contributed by atoms with Gasteiger partial charge in [-0.25, -0.2) is 0 Å². The summed E-state index contributed by atoms with van der Waals surface area (Å²) in [4.78, 5) is 37.7. The van der Waals surface area contributed by atoms with Gasteiger partial charge in [-0.05, 0) is 44.0 Å². The predicted octanol–water partition coefficient (Wildman–Crippen LogP) is 3.60. The van der Waals surface area contributed by atoms with Gasteiger partial charge >= 0.3 is 5.97 Å². The molecule has 1 aliphatic rings. The molecule has 0 saturated heterocycles. The minimum absolute atomic E-state index is 0.00954. The number of non-ortho nitro benzene ring substituents is 1. The van der Waals surface area contributed by atoms with Gasteiger partial charge < -0.3 is 9.64 Å². The SMILES string of the molecule is C[C@@H](OC(=O)[C@@H](C)Sc1ccc([N+](=O)[O-])cc1)C(=O)N1CCc2ccccc21. The first-order valence-electron chi connectivity index (χ1n) is 8.87. The van der Waals surface area contributed by atoms with E-state index in [9.17, 15) is 19.7 Å². The molecule has 2 aromatic carbocycles. The molecule has 0 N–H and O–H groups in total. The molecule has 0 aliphatic carbocycles. The summed E-state index contributed by atoms with van der Waals surface area (Å²) in [5.74, 6) is -0.748. The van der Waals surface area contributed by atoms with E-state index in [2.05, 4.69) is 0 Å². The molecule has 1 aliphatic heterocycles. The van der Waals surface area contributed by atoms with Gasteiger partial charge in [-0.2, -0.15) is 0 Å². The molecule has 0 fully saturated rings. The number of esters is 1. The summed E-state index contributed by atoms with van der Waals surface area (Å²) in [7, 11) is 0. The van der Waals surface area contributed by atoms with Crippen LogP contribution in [0, 0.1) is 10.1 Å².